The first-order valence-corrected chi connectivity index (χ1v) is 8.54. The van der Waals surface area contributed by atoms with Gasteiger partial charge in [-0.3, -0.25) is 14.4 Å². The van der Waals surface area contributed by atoms with Crippen molar-refractivity contribution in [3.63, 3.8) is 0 Å². The lowest BCUT2D eigenvalue weighted by Crippen LogP contribution is -2.42. The van der Waals surface area contributed by atoms with Gasteiger partial charge in [0, 0.05) is 26.2 Å². The summed E-state index contributed by atoms with van der Waals surface area (Å²) >= 11 is 0. The summed E-state index contributed by atoms with van der Waals surface area (Å²) in [4.78, 5) is 39.1. The zero-order valence-corrected chi connectivity index (χ0v) is 14.2. The van der Waals surface area contributed by atoms with Crippen molar-refractivity contribution in [3.8, 4) is 0 Å². The van der Waals surface area contributed by atoms with Gasteiger partial charge in [-0.1, -0.05) is 24.3 Å². The molecule has 2 aliphatic heterocycles. The molecule has 0 aromatic heterocycles. The number of rotatable bonds is 3. The van der Waals surface area contributed by atoms with Gasteiger partial charge in [0.1, 0.15) is 0 Å². The minimum Gasteiger partial charge on any atom is -0.481 e. The first-order valence-electron chi connectivity index (χ1n) is 8.54. The molecule has 0 radical (unpaired) electrons. The Morgan fingerprint density at radius 2 is 1.84 bits per heavy atom. The zero-order valence-electron chi connectivity index (χ0n) is 14.2. The van der Waals surface area contributed by atoms with Gasteiger partial charge in [0.05, 0.1) is 18.4 Å². The molecule has 6 nitrogen and oxygen atoms in total. The van der Waals surface area contributed by atoms with Gasteiger partial charge in [0.2, 0.25) is 11.8 Å². The number of carbonyl (C=O) groups is 3. The number of carboxylic acid groups (broad SMARTS) is 1. The topological polar surface area (TPSA) is 77.9 Å². The van der Waals surface area contributed by atoms with Gasteiger partial charge >= 0.3 is 5.97 Å². The lowest BCUT2D eigenvalue weighted by Gasteiger charge is -2.35. The number of hydrogen-bond acceptors (Lipinski definition) is 3. The molecule has 1 unspecified atom stereocenters. The van der Waals surface area contributed by atoms with Crippen molar-refractivity contribution >= 4 is 23.9 Å². The van der Waals surface area contributed by atoms with Crippen LogP contribution in [-0.4, -0.2) is 45.8 Å². The fourth-order valence-electron chi connectivity index (χ4n) is 3.58. The van der Waals surface area contributed by atoms with E-state index in [4.69, 9.17) is 5.11 Å². The van der Waals surface area contributed by atoms with Gasteiger partial charge in [-0.2, -0.15) is 0 Å². The Morgan fingerprint density at radius 3 is 2.48 bits per heavy atom. The third-order valence-corrected chi connectivity index (χ3v) is 5.03. The van der Waals surface area contributed by atoms with Crippen molar-refractivity contribution in [2.45, 2.75) is 32.2 Å². The van der Waals surface area contributed by atoms with E-state index >= 15 is 0 Å². The highest BCUT2D eigenvalue weighted by Crippen LogP contribution is 2.33. The number of nitrogens with zero attached hydrogens (tertiary/aromatic N) is 2. The number of fused-ring (bicyclic) bond motifs is 1. The van der Waals surface area contributed by atoms with E-state index in [0.717, 1.165) is 11.1 Å². The molecule has 2 amide bonds. The van der Waals surface area contributed by atoms with E-state index in [-0.39, 0.29) is 30.2 Å². The van der Waals surface area contributed by atoms with E-state index < -0.39 is 5.97 Å². The molecule has 6 heteroatoms. The molecule has 0 saturated carbocycles. The number of aliphatic carboxylic acids is 1. The van der Waals surface area contributed by atoms with Gasteiger partial charge in [0.15, 0.2) is 0 Å². The van der Waals surface area contributed by atoms with Crippen molar-refractivity contribution in [3.05, 3.63) is 41.6 Å². The van der Waals surface area contributed by atoms with Crippen LogP contribution in [0.1, 0.15) is 43.4 Å². The summed E-state index contributed by atoms with van der Waals surface area (Å²) in [6.45, 7) is 2.41. The number of piperidine rings is 1. The van der Waals surface area contributed by atoms with Crippen LogP contribution in [0.15, 0.2) is 30.5 Å². The van der Waals surface area contributed by atoms with Crippen LogP contribution in [0.4, 0.5) is 0 Å². The standard InChI is InChI=1S/C19H22N2O4/c1-13(22)21-11-8-14-4-2-3-5-16(14)17(21)12-18(23)20-9-6-15(7-10-20)19(24)25/h2-5,8,11,15,17H,6-7,9-10,12H2,1H3,(H,24,25). The summed E-state index contributed by atoms with van der Waals surface area (Å²) in [6.07, 6.45) is 4.80. The molecule has 0 bridgehead atoms. The van der Waals surface area contributed by atoms with Crippen LogP contribution in [0, 0.1) is 5.92 Å². The van der Waals surface area contributed by atoms with Gasteiger partial charge in [-0.15, -0.1) is 0 Å². The van der Waals surface area contributed by atoms with Crippen LogP contribution in [0.2, 0.25) is 0 Å². The molecule has 25 heavy (non-hydrogen) atoms. The molecule has 0 spiro atoms. The van der Waals surface area contributed by atoms with E-state index in [9.17, 15) is 14.4 Å². The summed E-state index contributed by atoms with van der Waals surface area (Å²) in [7, 11) is 0. The Morgan fingerprint density at radius 1 is 1.16 bits per heavy atom. The molecule has 0 aliphatic carbocycles. The molecule has 1 atom stereocenters. The molecular weight excluding hydrogens is 320 g/mol. The Labute approximate surface area is 146 Å². The molecular formula is C19H22N2O4. The fourth-order valence-corrected chi connectivity index (χ4v) is 3.58. The minimum atomic E-state index is -0.791. The van der Waals surface area contributed by atoms with Crippen molar-refractivity contribution in [1.82, 2.24) is 9.80 Å². The number of hydrogen-bond donors (Lipinski definition) is 1. The molecule has 1 fully saturated rings. The largest absolute Gasteiger partial charge is 0.481 e. The highest BCUT2D eigenvalue weighted by Gasteiger charge is 2.32. The van der Waals surface area contributed by atoms with Crippen molar-refractivity contribution < 1.29 is 19.5 Å². The number of amides is 2. The smallest absolute Gasteiger partial charge is 0.306 e. The Hall–Kier alpha value is -2.63. The van der Waals surface area contributed by atoms with Crippen LogP contribution >= 0.6 is 0 Å². The maximum Gasteiger partial charge on any atom is 0.306 e. The van der Waals surface area contributed by atoms with E-state index in [1.54, 1.807) is 16.0 Å². The van der Waals surface area contributed by atoms with Gasteiger partial charge in [-0.25, -0.2) is 0 Å². The third kappa shape index (κ3) is 3.57. The quantitative estimate of drug-likeness (QED) is 0.914. The molecule has 1 aromatic carbocycles. The zero-order chi connectivity index (χ0) is 18.0. The predicted octanol–water partition coefficient (Wildman–Crippen LogP) is 2.27. The van der Waals surface area contributed by atoms with Crippen molar-refractivity contribution in [1.29, 1.82) is 0 Å². The van der Waals surface area contributed by atoms with E-state index in [1.165, 1.54) is 6.92 Å². The average Bonchev–Trinajstić information content (AvgIpc) is 2.61. The normalized spacial score (nSPS) is 20.3. The maximum absolute atomic E-state index is 12.7. The summed E-state index contributed by atoms with van der Waals surface area (Å²) in [5.41, 5.74) is 1.98. The van der Waals surface area contributed by atoms with Gasteiger partial charge in [-0.05, 0) is 30.0 Å². The van der Waals surface area contributed by atoms with Gasteiger partial charge in [0.25, 0.3) is 0 Å². The van der Waals surface area contributed by atoms with Crippen molar-refractivity contribution in [2.75, 3.05) is 13.1 Å². The average molecular weight is 342 g/mol. The summed E-state index contributed by atoms with van der Waals surface area (Å²) in [5.74, 6) is -1.30. The third-order valence-electron chi connectivity index (χ3n) is 5.03. The van der Waals surface area contributed by atoms with E-state index in [1.807, 2.05) is 30.3 Å². The second-order valence-electron chi connectivity index (χ2n) is 6.58. The molecule has 2 aliphatic rings. The lowest BCUT2D eigenvalue weighted by molar-refractivity contribution is -0.146. The van der Waals surface area contributed by atoms with Crippen LogP contribution in [0.5, 0.6) is 0 Å². The fraction of sp³-hybridized carbons (Fsp3) is 0.421. The van der Waals surface area contributed by atoms with E-state index in [2.05, 4.69) is 0 Å². The number of likely N-dealkylation sites (tertiary alicyclic amines) is 1. The second-order valence-corrected chi connectivity index (χ2v) is 6.58. The van der Waals surface area contributed by atoms with Crippen LogP contribution in [0.3, 0.4) is 0 Å². The second kappa shape index (κ2) is 7.09. The van der Waals surface area contributed by atoms with E-state index in [0.29, 0.717) is 25.9 Å². The number of benzene rings is 1. The molecule has 2 heterocycles. The van der Waals surface area contributed by atoms with Crippen LogP contribution in [-0.2, 0) is 14.4 Å². The van der Waals surface area contributed by atoms with Crippen LogP contribution in [0.25, 0.3) is 6.08 Å². The lowest BCUT2D eigenvalue weighted by atomic mass is 9.92. The summed E-state index contributed by atoms with van der Waals surface area (Å²) < 4.78 is 0. The first kappa shape index (κ1) is 17.2. The first-order chi connectivity index (χ1) is 12.0. The molecule has 1 saturated heterocycles. The molecule has 1 aromatic rings. The highest BCUT2D eigenvalue weighted by molar-refractivity contribution is 5.82. The van der Waals surface area contributed by atoms with Crippen LogP contribution < -0.4 is 0 Å². The molecule has 1 N–H and O–H groups in total. The monoisotopic (exact) mass is 342 g/mol. The predicted molar refractivity (Wildman–Crippen MR) is 92.3 cm³/mol. The Bertz CT molecular complexity index is 720. The van der Waals surface area contributed by atoms with Gasteiger partial charge < -0.3 is 14.9 Å². The molecule has 132 valence electrons. The summed E-state index contributed by atoms with van der Waals surface area (Å²) in [6, 6.07) is 7.44. The minimum absolute atomic E-state index is 0.0369. The Kier molecular flexibility index (Phi) is 4.88. The van der Waals surface area contributed by atoms with Crippen molar-refractivity contribution in [2.24, 2.45) is 5.92 Å². The Balaban J connectivity index is 1.74. The maximum atomic E-state index is 12.7. The summed E-state index contributed by atoms with van der Waals surface area (Å²) in [5, 5.41) is 9.07. The number of carboxylic acids is 1. The SMILES string of the molecule is CC(=O)N1C=Cc2ccccc2C1CC(=O)N1CCC(C(=O)O)CC1. The highest BCUT2D eigenvalue weighted by atomic mass is 16.4. The number of carbonyl (C=O) groups excluding carboxylic acids is 2. The molecule has 3 rings (SSSR count).